The van der Waals surface area contributed by atoms with Crippen LogP contribution < -0.4 is 5.73 Å². The van der Waals surface area contributed by atoms with Crippen LogP contribution in [0.1, 0.15) is 32.1 Å². The average Bonchev–Trinajstić information content (AvgIpc) is 2.48. The number of aliphatic hydroxyl groups excluding tert-OH is 1. The predicted octanol–water partition coefficient (Wildman–Crippen LogP) is 0.692. The van der Waals surface area contributed by atoms with Crippen molar-refractivity contribution in [3.05, 3.63) is 0 Å². The lowest BCUT2D eigenvalue weighted by Gasteiger charge is -2.41. The van der Waals surface area contributed by atoms with Gasteiger partial charge in [0.05, 0.1) is 6.10 Å². The van der Waals surface area contributed by atoms with Crippen LogP contribution in [-0.4, -0.2) is 35.2 Å². The van der Waals surface area contributed by atoms with Gasteiger partial charge in [0, 0.05) is 18.5 Å². The van der Waals surface area contributed by atoms with Gasteiger partial charge in [-0.3, -0.25) is 0 Å². The molecule has 2 fully saturated rings. The molecule has 1 spiro atoms. The quantitative estimate of drug-likeness (QED) is 0.601. The van der Waals surface area contributed by atoms with E-state index in [-0.39, 0.29) is 17.6 Å². The van der Waals surface area contributed by atoms with Crippen LogP contribution in [0.25, 0.3) is 0 Å². The number of hydrogen-bond acceptors (Lipinski definition) is 2. The zero-order chi connectivity index (χ0) is 10.2. The standard InChI is InChI=1S/C10H18N2O2/c11-9(14)12-6-2-5-10(7-12)4-1-3-8(10)13/h8,13H,1-7H2,(H2,11,14). The highest BCUT2D eigenvalue weighted by molar-refractivity contribution is 5.72. The van der Waals surface area contributed by atoms with Gasteiger partial charge in [0.1, 0.15) is 0 Å². The molecule has 0 aromatic rings. The first-order valence-electron chi connectivity index (χ1n) is 5.36. The third-order valence-electron chi connectivity index (χ3n) is 3.78. The summed E-state index contributed by atoms with van der Waals surface area (Å²) < 4.78 is 0. The van der Waals surface area contributed by atoms with Crippen LogP contribution in [0.5, 0.6) is 0 Å². The van der Waals surface area contributed by atoms with Crippen molar-refractivity contribution in [2.24, 2.45) is 11.1 Å². The average molecular weight is 198 g/mol. The first-order valence-corrected chi connectivity index (χ1v) is 5.36. The predicted molar refractivity (Wildman–Crippen MR) is 52.7 cm³/mol. The van der Waals surface area contributed by atoms with Crippen molar-refractivity contribution >= 4 is 6.03 Å². The van der Waals surface area contributed by atoms with E-state index in [0.29, 0.717) is 6.54 Å². The molecule has 0 radical (unpaired) electrons. The lowest BCUT2D eigenvalue weighted by molar-refractivity contribution is 0.00346. The van der Waals surface area contributed by atoms with Crippen LogP contribution in [-0.2, 0) is 0 Å². The minimum Gasteiger partial charge on any atom is -0.392 e. The molecule has 2 rings (SSSR count). The molecule has 2 atom stereocenters. The number of likely N-dealkylation sites (tertiary alicyclic amines) is 1. The van der Waals surface area contributed by atoms with Gasteiger partial charge in [-0.2, -0.15) is 0 Å². The van der Waals surface area contributed by atoms with Crippen molar-refractivity contribution < 1.29 is 9.90 Å². The zero-order valence-corrected chi connectivity index (χ0v) is 8.41. The fourth-order valence-electron chi connectivity index (χ4n) is 2.94. The van der Waals surface area contributed by atoms with Gasteiger partial charge >= 0.3 is 6.03 Å². The van der Waals surface area contributed by atoms with E-state index in [9.17, 15) is 9.90 Å². The largest absolute Gasteiger partial charge is 0.392 e. The molecule has 2 unspecified atom stereocenters. The second kappa shape index (κ2) is 3.42. The molecule has 80 valence electrons. The molecular formula is C10H18N2O2. The molecule has 1 saturated heterocycles. The van der Waals surface area contributed by atoms with Crippen molar-refractivity contribution in [3.8, 4) is 0 Å². The Balaban J connectivity index is 2.09. The van der Waals surface area contributed by atoms with E-state index in [1.54, 1.807) is 4.90 Å². The summed E-state index contributed by atoms with van der Waals surface area (Å²) >= 11 is 0. The fourth-order valence-corrected chi connectivity index (χ4v) is 2.94. The first kappa shape index (κ1) is 9.77. The maximum absolute atomic E-state index is 11.1. The number of primary amides is 1. The summed E-state index contributed by atoms with van der Waals surface area (Å²) in [7, 11) is 0. The molecule has 14 heavy (non-hydrogen) atoms. The van der Waals surface area contributed by atoms with E-state index in [0.717, 1.165) is 38.6 Å². The van der Waals surface area contributed by atoms with Crippen molar-refractivity contribution in [1.82, 2.24) is 4.90 Å². The number of carbonyl (C=O) groups is 1. The van der Waals surface area contributed by atoms with E-state index in [1.165, 1.54) is 0 Å². The third-order valence-corrected chi connectivity index (χ3v) is 3.78. The number of hydrogen-bond donors (Lipinski definition) is 2. The van der Waals surface area contributed by atoms with Gasteiger partial charge in [0.15, 0.2) is 0 Å². The molecule has 1 aliphatic heterocycles. The van der Waals surface area contributed by atoms with Crippen LogP contribution in [0, 0.1) is 5.41 Å². The zero-order valence-electron chi connectivity index (χ0n) is 8.41. The number of nitrogens with zero attached hydrogens (tertiary/aromatic N) is 1. The van der Waals surface area contributed by atoms with E-state index in [4.69, 9.17) is 5.73 Å². The summed E-state index contributed by atoms with van der Waals surface area (Å²) in [4.78, 5) is 12.7. The molecule has 1 heterocycles. The Kier molecular flexibility index (Phi) is 2.39. The van der Waals surface area contributed by atoms with Crippen molar-refractivity contribution in [1.29, 1.82) is 0 Å². The Hall–Kier alpha value is -0.770. The molecule has 4 nitrogen and oxygen atoms in total. The second-order valence-electron chi connectivity index (χ2n) is 4.63. The van der Waals surface area contributed by atoms with Crippen molar-refractivity contribution in [2.75, 3.05) is 13.1 Å². The monoisotopic (exact) mass is 198 g/mol. The minimum absolute atomic E-state index is 0.0344. The molecular weight excluding hydrogens is 180 g/mol. The van der Waals surface area contributed by atoms with Crippen LogP contribution in [0.2, 0.25) is 0 Å². The normalized spacial score (nSPS) is 37.8. The van der Waals surface area contributed by atoms with Gasteiger partial charge < -0.3 is 15.7 Å². The van der Waals surface area contributed by atoms with Gasteiger partial charge in [-0.1, -0.05) is 6.42 Å². The van der Waals surface area contributed by atoms with E-state index < -0.39 is 0 Å². The summed E-state index contributed by atoms with van der Waals surface area (Å²) in [5.41, 5.74) is 5.23. The number of nitrogens with two attached hydrogens (primary N) is 1. The highest BCUT2D eigenvalue weighted by Crippen LogP contribution is 2.44. The maximum Gasteiger partial charge on any atom is 0.314 e. The molecule has 2 amide bonds. The first-order chi connectivity index (χ1) is 6.64. The van der Waals surface area contributed by atoms with Crippen LogP contribution in [0.3, 0.4) is 0 Å². The minimum atomic E-state index is -0.344. The van der Waals surface area contributed by atoms with E-state index in [2.05, 4.69) is 0 Å². The Morgan fingerprint density at radius 2 is 2.14 bits per heavy atom. The topological polar surface area (TPSA) is 66.6 Å². The lowest BCUT2D eigenvalue weighted by atomic mass is 9.77. The van der Waals surface area contributed by atoms with Crippen LogP contribution >= 0.6 is 0 Å². The molecule has 3 N–H and O–H groups in total. The van der Waals surface area contributed by atoms with Gasteiger partial charge in [-0.15, -0.1) is 0 Å². The maximum atomic E-state index is 11.1. The molecule has 4 heteroatoms. The molecule has 0 aromatic carbocycles. The number of carbonyl (C=O) groups excluding carboxylic acids is 1. The molecule has 1 aliphatic carbocycles. The molecule has 0 aromatic heterocycles. The summed E-state index contributed by atoms with van der Waals surface area (Å²) in [5.74, 6) is 0. The highest BCUT2D eigenvalue weighted by atomic mass is 16.3. The number of amides is 2. The Bertz CT molecular complexity index is 244. The number of aliphatic hydroxyl groups is 1. The van der Waals surface area contributed by atoms with Crippen LogP contribution in [0.4, 0.5) is 4.79 Å². The van der Waals surface area contributed by atoms with Crippen molar-refractivity contribution in [2.45, 2.75) is 38.2 Å². The van der Waals surface area contributed by atoms with Crippen molar-refractivity contribution in [3.63, 3.8) is 0 Å². The third kappa shape index (κ3) is 1.47. The SMILES string of the molecule is NC(=O)N1CCCC2(CCCC2O)C1. The van der Waals surface area contributed by atoms with Gasteiger partial charge in [0.25, 0.3) is 0 Å². The molecule has 0 bridgehead atoms. The number of urea groups is 1. The summed E-state index contributed by atoms with van der Waals surface area (Å²) in [6, 6.07) is -0.344. The smallest absolute Gasteiger partial charge is 0.314 e. The highest BCUT2D eigenvalue weighted by Gasteiger charge is 2.45. The number of rotatable bonds is 0. The van der Waals surface area contributed by atoms with Gasteiger partial charge in [-0.25, -0.2) is 4.79 Å². The van der Waals surface area contributed by atoms with E-state index >= 15 is 0 Å². The summed E-state index contributed by atoms with van der Waals surface area (Å²) in [6.07, 6.45) is 4.78. The summed E-state index contributed by atoms with van der Waals surface area (Å²) in [5, 5.41) is 9.93. The van der Waals surface area contributed by atoms with Gasteiger partial charge in [0.2, 0.25) is 0 Å². The van der Waals surface area contributed by atoms with Gasteiger partial charge in [-0.05, 0) is 25.7 Å². The Labute approximate surface area is 84.1 Å². The molecule has 2 aliphatic rings. The van der Waals surface area contributed by atoms with E-state index in [1.807, 2.05) is 0 Å². The second-order valence-corrected chi connectivity index (χ2v) is 4.63. The lowest BCUT2D eigenvalue weighted by Crippen LogP contribution is -2.50. The van der Waals surface area contributed by atoms with Crippen LogP contribution in [0.15, 0.2) is 0 Å². The number of piperidine rings is 1. The Morgan fingerprint density at radius 1 is 1.43 bits per heavy atom. The summed E-state index contributed by atoms with van der Waals surface area (Å²) in [6.45, 7) is 1.41. The fraction of sp³-hybridized carbons (Fsp3) is 0.900. The Morgan fingerprint density at radius 3 is 2.71 bits per heavy atom. The molecule has 1 saturated carbocycles.